The van der Waals surface area contributed by atoms with Gasteiger partial charge in [-0.3, -0.25) is 9.48 Å². The van der Waals surface area contributed by atoms with Gasteiger partial charge in [0.1, 0.15) is 0 Å². The van der Waals surface area contributed by atoms with E-state index in [1.807, 2.05) is 6.20 Å². The maximum atomic E-state index is 14.4. The minimum atomic E-state index is -4.83. The van der Waals surface area contributed by atoms with Crippen LogP contribution in [-0.2, 0) is 23.0 Å². The van der Waals surface area contributed by atoms with E-state index in [-0.39, 0.29) is 32.0 Å². The molecule has 0 spiro atoms. The van der Waals surface area contributed by atoms with E-state index in [0.29, 0.717) is 5.69 Å². The van der Waals surface area contributed by atoms with Gasteiger partial charge in [-0.2, -0.15) is 18.3 Å². The average Bonchev–Trinajstić information content (AvgIpc) is 3.24. The zero-order valence-electron chi connectivity index (χ0n) is 20.1. The van der Waals surface area contributed by atoms with Gasteiger partial charge in [0.15, 0.2) is 5.84 Å². The lowest BCUT2D eigenvalue weighted by Crippen LogP contribution is -2.44. The number of rotatable bonds is 5. The van der Waals surface area contributed by atoms with Gasteiger partial charge < -0.3 is 15.1 Å². The van der Waals surface area contributed by atoms with Crippen LogP contribution in [0.2, 0.25) is 15.1 Å². The number of hydrogen-bond donors (Lipinski definition) is 1. The quantitative estimate of drug-likeness (QED) is 0.374. The number of carbonyl (C=O) groups excluding carboxylic acids is 1. The molecule has 38 heavy (non-hydrogen) atoms. The van der Waals surface area contributed by atoms with Gasteiger partial charge in [0.2, 0.25) is 0 Å². The van der Waals surface area contributed by atoms with E-state index >= 15 is 0 Å². The van der Waals surface area contributed by atoms with Crippen LogP contribution in [0, 0.1) is 0 Å². The zero-order valence-corrected chi connectivity index (χ0v) is 22.4. The van der Waals surface area contributed by atoms with Gasteiger partial charge in [0.25, 0.3) is 11.5 Å². The molecule has 0 bridgehead atoms. The molecule has 1 N–H and O–H groups in total. The molecule has 1 aliphatic heterocycles. The van der Waals surface area contributed by atoms with E-state index in [1.165, 1.54) is 30.1 Å². The number of alkyl halides is 3. The molecule has 2 aliphatic rings. The van der Waals surface area contributed by atoms with Gasteiger partial charge in [0, 0.05) is 47.2 Å². The molecular weight excluding hydrogens is 566 g/mol. The number of oxime groups is 1. The first kappa shape index (κ1) is 26.6. The molecule has 2 heterocycles. The Morgan fingerprint density at radius 1 is 1.11 bits per heavy atom. The number of nitrogens with zero attached hydrogens (tertiary/aromatic N) is 4. The number of carbonyl (C=O) groups is 1. The highest BCUT2D eigenvalue weighted by molar-refractivity contribution is 6.35. The van der Waals surface area contributed by atoms with E-state index in [2.05, 4.69) is 15.6 Å². The van der Waals surface area contributed by atoms with Crippen LogP contribution < -0.4 is 10.2 Å². The van der Waals surface area contributed by atoms with Gasteiger partial charge in [-0.15, -0.1) is 0 Å². The van der Waals surface area contributed by atoms with Crippen molar-refractivity contribution in [3.63, 3.8) is 0 Å². The molecule has 1 amide bonds. The second-order valence-corrected chi connectivity index (χ2v) is 10.7. The van der Waals surface area contributed by atoms with Crippen LogP contribution in [0.25, 0.3) is 0 Å². The fourth-order valence-electron chi connectivity index (χ4n) is 4.46. The smallest absolute Gasteiger partial charge is 0.372 e. The normalized spacial score (nSPS) is 20.1. The highest BCUT2D eigenvalue weighted by Crippen LogP contribution is 2.50. The first-order valence-corrected chi connectivity index (χ1v) is 12.6. The molecule has 1 saturated carbocycles. The number of anilines is 1. The van der Waals surface area contributed by atoms with Crippen LogP contribution >= 0.6 is 34.8 Å². The Labute approximate surface area is 231 Å². The Morgan fingerprint density at radius 3 is 2.37 bits per heavy atom. The molecule has 1 aromatic heterocycles. The molecule has 2 aromatic carbocycles. The molecule has 7 nitrogen and oxygen atoms in total. The molecular formula is C25H21Cl3F3N5O2. The van der Waals surface area contributed by atoms with Crippen molar-refractivity contribution in [3.8, 4) is 0 Å². The first-order chi connectivity index (χ1) is 17.8. The van der Waals surface area contributed by atoms with Crippen molar-refractivity contribution in [2.45, 2.75) is 36.6 Å². The first-order valence-electron chi connectivity index (χ1n) is 11.5. The number of hydrogen-bond acceptors (Lipinski definition) is 5. The minimum absolute atomic E-state index is 0.0128. The van der Waals surface area contributed by atoms with E-state index < -0.39 is 29.6 Å². The molecule has 5 rings (SSSR count). The SMILES string of the molecule is CN(C1=NOC(c2cc(Cl)cc(Cl)c2)(C(F)(F)F)C1)c1ccc(Cl)c(C(=O)NC2(c3cnn(C)c3)CC2)c1. The number of halogens is 6. The summed E-state index contributed by atoms with van der Waals surface area (Å²) in [5.41, 5.74) is -2.11. The average molecular weight is 587 g/mol. The van der Waals surface area contributed by atoms with Crippen molar-refractivity contribution < 1.29 is 22.8 Å². The second-order valence-electron chi connectivity index (χ2n) is 9.42. The van der Waals surface area contributed by atoms with Gasteiger partial charge in [-0.25, -0.2) is 0 Å². The zero-order chi connectivity index (χ0) is 27.5. The van der Waals surface area contributed by atoms with Crippen LogP contribution in [0.5, 0.6) is 0 Å². The summed E-state index contributed by atoms with van der Waals surface area (Å²) >= 11 is 18.3. The number of aromatic nitrogens is 2. The Hall–Kier alpha value is -2.95. The molecule has 1 aliphatic carbocycles. The van der Waals surface area contributed by atoms with Gasteiger partial charge >= 0.3 is 6.18 Å². The summed E-state index contributed by atoms with van der Waals surface area (Å²) in [6.45, 7) is 0. The summed E-state index contributed by atoms with van der Waals surface area (Å²) in [4.78, 5) is 19.7. The topological polar surface area (TPSA) is 71.8 Å². The van der Waals surface area contributed by atoms with Gasteiger partial charge in [-0.1, -0.05) is 40.0 Å². The lowest BCUT2D eigenvalue weighted by atomic mass is 9.89. The van der Waals surface area contributed by atoms with Crippen molar-refractivity contribution >= 4 is 52.2 Å². The Balaban J connectivity index is 1.40. The monoisotopic (exact) mass is 585 g/mol. The molecule has 13 heteroatoms. The lowest BCUT2D eigenvalue weighted by Gasteiger charge is -2.30. The summed E-state index contributed by atoms with van der Waals surface area (Å²) in [5, 5.41) is 11.2. The van der Waals surface area contributed by atoms with Crippen molar-refractivity contribution in [2.24, 2.45) is 12.2 Å². The van der Waals surface area contributed by atoms with Crippen LogP contribution in [0.3, 0.4) is 0 Å². The van der Waals surface area contributed by atoms with Crippen molar-refractivity contribution in [1.29, 1.82) is 0 Å². The Kier molecular flexibility index (Phi) is 6.56. The summed E-state index contributed by atoms with van der Waals surface area (Å²) in [6.07, 6.45) is -0.415. The molecule has 1 atom stereocenters. The van der Waals surface area contributed by atoms with E-state index in [9.17, 15) is 18.0 Å². The number of amides is 1. The largest absolute Gasteiger partial charge is 0.435 e. The van der Waals surface area contributed by atoms with Crippen molar-refractivity contribution in [2.75, 3.05) is 11.9 Å². The van der Waals surface area contributed by atoms with Crippen LogP contribution in [0.1, 0.15) is 40.7 Å². The summed E-state index contributed by atoms with van der Waals surface area (Å²) in [6, 6.07) is 8.24. The Morgan fingerprint density at radius 2 is 1.79 bits per heavy atom. The second kappa shape index (κ2) is 9.36. The highest BCUT2D eigenvalue weighted by atomic mass is 35.5. The molecule has 1 unspecified atom stereocenters. The molecule has 0 saturated heterocycles. The number of aryl methyl sites for hydroxylation is 1. The maximum absolute atomic E-state index is 14.4. The fourth-order valence-corrected chi connectivity index (χ4v) is 5.19. The third-order valence-corrected chi connectivity index (χ3v) is 7.60. The van der Waals surface area contributed by atoms with Crippen LogP contribution in [0.15, 0.2) is 53.9 Å². The molecule has 200 valence electrons. The minimum Gasteiger partial charge on any atom is -0.372 e. The molecule has 0 radical (unpaired) electrons. The van der Waals surface area contributed by atoms with E-state index in [4.69, 9.17) is 39.6 Å². The van der Waals surface area contributed by atoms with Crippen molar-refractivity contribution in [3.05, 3.63) is 80.6 Å². The fraction of sp³-hybridized carbons (Fsp3) is 0.320. The third-order valence-electron chi connectivity index (χ3n) is 6.83. The highest BCUT2D eigenvalue weighted by Gasteiger charge is 2.63. The summed E-state index contributed by atoms with van der Waals surface area (Å²) < 4.78 is 44.7. The number of benzene rings is 2. The molecule has 1 fully saturated rings. The predicted octanol–water partition coefficient (Wildman–Crippen LogP) is 6.43. The standard InChI is InChI=1S/C25H21Cl3F3N5O2/c1-35-13-15(12-32-35)23(5-6-23)33-22(37)19-10-18(3-4-20(19)28)36(2)21-11-24(38-34-21,25(29,30)31)14-7-16(26)9-17(27)8-14/h3-4,7-10,12-13H,5-6,11H2,1-2H3,(H,33,37). The van der Waals surface area contributed by atoms with E-state index in [0.717, 1.165) is 30.5 Å². The summed E-state index contributed by atoms with van der Waals surface area (Å²) in [5.74, 6) is -0.421. The maximum Gasteiger partial charge on any atom is 0.435 e. The van der Waals surface area contributed by atoms with Crippen LogP contribution in [0.4, 0.5) is 18.9 Å². The Bertz CT molecular complexity index is 1430. The van der Waals surface area contributed by atoms with Crippen LogP contribution in [-0.4, -0.2) is 34.7 Å². The van der Waals surface area contributed by atoms with Crippen molar-refractivity contribution in [1.82, 2.24) is 15.1 Å². The summed E-state index contributed by atoms with van der Waals surface area (Å²) in [7, 11) is 3.32. The van der Waals surface area contributed by atoms with Gasteiger partial charge in [-0.05, 0) is 49.2 Å². The molecule has 3 aromatic rings. The number of amidine groups is 1. The third kappa shape index (κ3) is 4.69. The van der Waals surface area contributed by atoms with Gasteiger partial charge in [0.05, 0.1) is 28.7 Å². The lowest BCUT2D eigenvalue weighted by molar-refractivity contribution is -0.275. The number of nitrogens with one attached hydrogen (secondary N) is 1. The predicted molar refractivity (Wildman–Crippen MR) is 139 cm³/mol. The van der Waals surface area contributed by atoms with E-state index in [1.54, 1.807) is 24.0 Å².